The van der Waals surface area contributed by atoms with Crippen molar-refractivity contribution in [2.24, 2.45) is 0 Å². The number of ether oxygens (including phenoxy) is 1. The van der Waals surface area contributed by atoms with E-state index in [0.717, 1.165) is 41.3 Å². The smallest absolute Gasteiger partial charge is 0.261 e. The largest absolute Gasteiger partial charge is 0.484 e. The summed E-state index contributed by atoms with van der Waals surface area (Å²) >= 11 is 3.47. The van der Waals surface area contributed by atoms with Crippen LogP contribution in [0.1, 0.15) is 43.7 Å². The Bertz CT molecular complexity index is 863. The first-order chi connectivity index (χ1) is 14.4. The molecule has 1 N–H and O–H groups in total. The van der Waals surface area contributed by atoms with Gasteiger partial charge in [0.15, 0.2) is 6.61 Å². The molecule has 1 fully saturated rings. The van der Waals surface area contributed by atoms with Crippen molar-refractivity contribution < 1.29 is 14.3 Å². The zero-order chi connectivity index (χ0) is 21.5. The number of benzene rings is 2. The van der Waals surface area contributed by atoms with Crippen molar-refractivity contribution >= 4 is 27.7 Å². The molecule has 0 bridgehead atoms. The van der Waals surface area contributed by atoms with Crippen LogP contribution in [0.25, 0.3) is 0 Å². The van der Waals surface area contributed by atoms with Gasteiger partial charge in [0.2, 0.25) is 5.91 Å². The second kappa shape index (κ2) is 10.6. The third-order valence-corrected chi connectivity index (χ3v) is 5.99. The Labute approximate surface area is 186 Å². The van der Waals surface area contributed by atoms with Gasteiger partial charge in [-0.25, -0.2) is 0 Å². The predicted molar refractivity (Wildman–Crippen MR) is 121 cm³/mol. The monoisotopic (exact) mass is 472 g/mol. The molecule has 6 heteroatoms. The van der Waals surface area contributed by atoms with Gasteiger partial charge in [0.05, 0.1) is 0 Å². The molecule has 3 rings (SSSR count). The van der Waals surface area contributed by atoms with E-state index in [-0.39, 0.29) is 24.5 Å². The minimum atomic E-state index is -0.585. The summed E-state index contributed by atoms with van der Waals surface area (Å²) in [6.07, 6.45) is 4.30. The lowest BCUT2D eigenvalue weighted by Gasteiger charge is -2.29. The number of hydrogen-bond acceptors (Lipinski definition) is 3. The van der Waals surface area contributed by atoms with Crippen molar-refractivity contribution in [1.82, 2.24) is 10.2 Å². The third-order valence-electron chi connectivity index (χ3n) is 5.49. The number of halogens is 1. The number of hydrogen-bond donors (Lipinski definition) is 1. The highest BCUT2D eigenvalue weighted by Crippen LogP contribution is 2.19. The quantitative estimate of drug-likeness (QED) is 0.609. The van der Waals surface area contributed by atoms with Gasteiger partial charge in [-0.05, 0) is 56.5 Å². The Balaban J connectivity index is 1.70. The van der Waals surface area contributed by atoms with Gasteiger partial charge >= 0.3 is 0 Å². The lowest BCUT2D eigenvalue weighted by Crippen LogP contribution is -2.50. The Morgan fingerprint density at radius 3 is 2.53 bits per heavy atom. The highest BCUT2D eigenvalue weighted by Gasteiger charge is 2.28. The fraction of sp³-hybridized carbons (Fsp3) is 0.417. The van der Waals surface area contributed by atoms with Gasteiger partial charge in [-0.2, -0.15) is 0 Å². The van der Waals surface area contributed by atoms with Gasteiger partial charge in [0.1, 0.15) is 11.8 Å². The maximum Gasteiger partial charge on any atom is 0.261 e. The molecule has 1 aliphatic rings. The Kier molecular flexibility index (Phi) is 7.91. The first-order valence-electron chi connectivity index (χ1n) is 10.5. The molecule has 2 aromatic carbocycles. The van der Waals surface area contributed by atoms with Crippen molar-refractivity contribution in [2.75, 3.05) is 6.61 Å². The third kappa shape index (κ3) is 6.33. The molecule has 1 aliphatic carbocycles. The number of nitrogens with zero attached hydrogens (tertiary/aromatic N) is 1. The van der Waals surface area contributed by atoms with E-state index >= 15 is 0 Å². The molecule has 1 saturated carbocycles. The minimum absolute atomic E-state index is 0.111. The van der Waals surface area contributed by atoms with E-state index in [0.29, 0.717) is 12.3 Å². The number of carbonyl (C=O) groups is 2. The molecule has 0 heterocycles. The van der Waals surface area contributed by atoms with Crippen molar-refractivity contribution in [2.45, 2.75) is 58.2 Å². The maximum atomic E-state index is 13.1. The van der Waals surface area contributed by atoms with Crippen LogP contribution in [0.3, 0.4) is 0 Å². The summed E-state index contributed by atoms with van der Waals surface area (Å²) in [6, 6.07) is 15.0. The van der Waals surface area contributed by atoms with Crippen molar-refractivity contribution in [3.05, 3.63) is 64.1 Å². The Morgan fingerprint density at radius 2 is 1.87 bits per heavy atom. The van der Waals surface area contributed by atoms with Crippen LogP contribution in [0.15, 0.2) is 53.0 Å². The van der Waals surface area contributed by atoms with Crippen LogP contribution >= 0.6 is 15.9 Å². The predicted octanol–water partition coefficient (Wildman–Crippen LogP) is 4.61. The second-order valence-electron chi connectivity index (χ2n) is 7.92. The van der Waals surface area contributed by atoms with E-state index in [1.165, 1.54) is 0 Å². The zero-order valence-corrected chi connectivity index (χ0v) is 19.2. The average Bonchev–Trinajstić information content (AvgIpc) is 3.24. The highest BCUT2D eigenvalue weighted by molar-refractivity contribution is 9.10. The summed E-state index contributed by atoms with van der Waals surface area (Å²) < 4.78 is 6.63. The highest BCUT2D eigenvalue weighted by atomic mass is 79.9. The van der Waals surface area contributed by atoms with Gasteiger partial charge in [0, 0.05) is 17.1 Å². The van der Waals surface area contributed by atoms with Crippen LogP contribution in [-0.2, 0) is 16.1 Å². The number of rotatable bonds is 8. The van der Waals surface area contributed by atoms with Crippen LogP contribution < -0.4 is 10.1 Å². The molecule has 2 aromatic rings. The fourth-order valence-corrected chi connectivity index (χ4v) is 4.12. The topological polar surface area (TPSA) is 58.6 Å². The van der Waals surface area contributed by atoms with Gasteiger partial charge < -0.3 is 15.0 Å². The number of carbonyl (C=O) groups excluding carboxylic acids is 2. The zero-order valence-electron chi connectivity index (χ0n) is 17.6. The van der Waals surface area contributed by atoms with Gasteiger partial charge in [-0.3, -0.25) is 9.59 Å². The normalized spacial score (nSPS) is 14.9. The van der Waals surface area contributed by atoms with Crippen LogP contribution in [0, 0.1) is 6.92 Å². The number of amides is 2. The molecule has 1 atom stereocenters. The molecular formula is C24H29BrN2O3. The number of nitrogens with one attached hydrogen (secondary N) is 1. The van der Waals surface area contributed by atoms with Crippen LogP contribution in [0.2, 0.25) is 0 Å². The average molecular weight is 473 g/mol. The maximum absolute atomic E-state index is 13.1. The van der Waals surface area contributed by atoms with Crippen molar-refractivity contribution in [3.8, 4) is 5.75 Å². The molecule has 0 saturated heterocycles. The Hall–Kier alpha value is -2.34. The molecule has 30 heavy (non-hydrogen) atoms. The molecule has 160 valence electrons. The van der Waals surface area contributed by atoms with E-state index in [1.807, 2.05) is 55.5 Å². The second-order valence-corrected chi connectivity index (χ2v) is 8.83. The lowest BCUT2D eigenvalue weighted by molar-refractivity contribution is -0.142. The lowest BCUT2D eigenvalue weighted by atomic mass is 10.1. The fourth-order valence-electron chi connectivity index (χ4n) is 3.67. The summed E-state index contributed by atoms with van der Waals surface area (Å²) in [6.45, 7) is 4.01. The van der Waals surface area contributed by atoms with E-state index in [4.69, 9.17) is 4.74 Å². The van der Waals surface area contributed by atoms with Gasteiger partial charge in [-0.15, -0.1) is 0 Å². The van der Waals surface area contributed by atoms with E-state index < -0.39 is 6.04 Å². The van der Waals surface area contributed by atoms with Gasteiger partial charge in [-0.1, -0.05) is 58.6 Å². The first kappa shape index (κ1) is 22.3. The van der Waals surface area contributed by atoms with Crippen LogP contribution in [0.5, 0.6) is 5.75 Å². The standard InChI is InChI=1S/C24H29BrN2O3/c1-17-10-12-22(13-11-17)30-16-23(28)27(15-19-6-5-7-20(25)14-19)18(2)24(29)26-21-8-3-4-9-21/h5-7,10-14,18,21H,3-4,8-9,15-16H2,1-2H3,(H,26,29). The molecule has 2 amide bonds. The molecular weight excluding hydrogens is 444 g/mol. The summed E-state index contributed by atoms with van der Waals surface area (Å²) in [5, 5.41) is 3.11. The molecule has 0 radical (unpaired) electrons. The van der Waals surface area contributed by atoms with Gasteiger partial charge in [0.25, 0.3) is 5.91 Å². The first-order valence-corrected chi connectivity index (χ1v) is 11.3. The van der Waals surface area contributed by atoms with Crippen LogP contribution in [-0.4, -0.2) is 35.4 Å². The SMILES string of the molecule is Cc1ccc(OCC(=O)N(Cc2cccc(Br)c2)C(C)C(=O)NC2CCCC2)cc1. The molecule has 5 nitrogen and oxygen atoms in total. The number of aryl methyl sites for hydroxylation is 1. The summed E-state index contributed by atoms with van der Waals surface area (Å²) in [7, 11) is 0. The minimum Gasteiger partial charge on any atom is -0.484 e. The van der Waals surface area contributed by atoms with Crippen molar-refractivity contribution in [3.63, 3.8) is 0 Å². The molecule has 0 aromatic heterocycles. The molecule has 0 spiro atoms. The van der Waals surface area contributed by atoms with E-state index in [1.54, 1.807) is 11.8 Å². The van der Waals surface area contributed by atoms with Crippen LogP contribution in [0.4, 0.5) is 0 Å². The van der Waals surface area contributed by atoms with E-state index in [9.17, 15) is 9.59 Å². The van der Waals surface area contributed by atoms with Crippen molar-refractivity contribution in [1.29, 1.82) is 0 Å². The molecule has 1 unspecified atom stereocenters. The molecule has 0 aliphatic heterocycles. The summed E-state index contributed by atoms with van der Waals surface area (Å²) in [5.74, 6) is 0.310. The summed E-state index contributed by atoms with van der Waals surface area (Å²) in [4.78, 5) is 27.5. The van der Waals surface area contributed by atoms with E-state index in [2.05, 4.69) is 21.2 Å². The summed E-state index contributed by atoms with van der Waals surface area (Å²) in [5.41, 5.74) is 2.08. The Morgan fingerprint density at radius 1 is 1.17 bits per heavy atom.